The largest absolute Gasteiger partial charge is 0.396 e. The van der Waals surface area contributed by atoms with Gasteiger partial charge in [0.15, 0.2) is 0 Å². The van der Waals surface area contributed by atoms with E-state index in [1.54, 1.807) is 22.7 Å². The second-order valence-corrected chi connectivity index (χ2v) is 7.54. The van der Waals surface area contributed by atoms with Crippen LogP contribution in [0, 0.1) is 11.3 Å². The van der Waals surface area contributed by atoms with Gasteiger partial charge in [0.05, 0.1) is 16.3 Å². The lowest BCUT2D eigenvalue weighted by Crippen LogP contribution is -1.89. The zero-order valence-electron chi connectivity index (χ0n) is 11.2. The molecule has 0 saturated heterocycles. The Hall–Kier alpha value is -2.20. The molecule has 22 heavy (non-hydrogen) atoms. The van der Waals surface area contributed by atoms with E-state index in [1.807, 2.05) is 22.9 Å². The van der Waals surface area contributed by atoms with Gasteiger partial charge >= 0.3 is 0 Å². The molecule has 0 aliphatic heterocycles. The summed E-state index contributed by atoms with van der Waals surface area (Å²) in [5.74, 6) is 0. The van der Waals surface area contributed by atoms with E-state index in [2.05, 4.69) is 24.3 Å². The molecule has 6 heteroatoms. The summed E-state index contributed by atoms with van der Waals surface area (Å²) in [6.07, 6.45) is 0. The lowest BCUT2D eigenvalue weighted by molar-refractivity contribution is 1.45. The van der Waals surface area contributed by atoms with Gasteiger partial charge in [0.2, 0.25) is 0 Å². The Morgan fingerprint density at radius 2 is 1.82 bits per heavy atom. The van der Waals surface area contributed by atoms with Crippen LogP contribution in [-0.2, 0) is 0 Å². The number of anilines is 1. The quantitative estimate of drug-likeness (QED) is 0.545. The van der Waals surface area contributed by atoms with Crippen LogP contribution in [0.15, 0.2) is 41.1 Å². The lowest BCUT2D eigenvalue weighted by Gasteiger charge is -2.05. The Morgan fingerprint density at radius 1 is 1.09 bits per heavy atom. The van der Waals surface area contributed by atoms with Crippen LogP contribution in [0.2, 0.25) is 0 Å². The predicted molar refractivity (Wildman–Crippen MR) is 95.4 cm³/mol. The molecule has 4 heterocycles. The molecule has 0 aliphatic carbocycles. The monoisotopic (exact) mass is 339 g/mol. The minimum Gasteiger partial charge on any atom is -0.396 e. The molecular weight excluding hydrogens is 330 g/mol. The minimum atomic E-state index is 0.531. The molecule has 4 rings (SSSR count). The molecule has 0 radical (unpaired) electrons. The number of aromatic nitrogens is 1. The van der Waals surface area contributed by atoms with Gasteiger partial charge in [-0.05, 0) is 29.0 Å². The van der Waals surface area contributed by atoms with Crippen LogP contribution in [0.3, 0.4) is 0 Å². The SMILES string of the molecule is N#Cc1sc2nc(-c3cccs3)cc(-c3cccs3)c2c1N. The van der Waals surface area contributed by atoms with E-state index in [1.165, 1.54) is 11.3 Å². The first-order valence-corrected chi connectivity index (χ1v) is 9.06. The average Bonchev–Trinajstić information content (AvgIpc) is 3.28. The third-order valence-electron chi connectivity index (χ3n) is 3.36. The van der Waals surface area contributed by atoms with Gasteiger partial charge in [-0.3, -0.25) is 0 Å². The van der Waals surface area contributed by atoms with Gasteiger partial charge in [0, 0.05) is 15.8 Å². The smallest absolute Gasteiger partial charge is 0.130 e. The van der Waals surface area contributed by atoms with Gasteiger partial charge in [-0.15, -0.1) is 34.0 Å². The van der Waals surface area contributed by atoms with Gasteiger partial charge in [-0.25, -0.2) is 4.98 Å². The van der Waals surface area contributed by atoms with E-state index in [0.29, 0.717) is 10.6 Å². The minimum absolute atomic E-state index is 0.531. The molecule has 2 N–H and O–H groups in total. The normalized spacial score (nSPS) is 10.9. The van der Waals surface area contributed by atoms with Crippen molar-refractivity contribution in [3.63, 3.8) is 0 Å². The van der Waals surface area contributed by atoms with E-state index >= 15 is 0 Å². The number of nitrogens with two attached hydrogens (primary N) is 1. The van der Waals surface area contributed by atoms with E-state index in [0.717, 1.165) is 31.2 Å². The fourth-order valence-electron chi connectivity index (χ4n) is 2.38. The number of pyridine rings is 1. The standard InChI is InChI=1S/C16H9N3S3/c17-8-13-15(18)14-9(11-3-1-5-20-11)7-10(19-16(14)22-13)12-4-2-6-21-12/h1-7H,18H2. The van der Waals surface area contributed by atoms with Crippen LogP contribution >= 0.6 is 34.0 Å². The molecule has 0 fully saturated rings. The van der Waals surface area contributed by atoms with Crippen LogP contribution in [0.1, 0.15) is 4.88 Å². The second kappa shape index (κ2) is 5.21. The molecule has 0 unspecified atom stereocenters. The maximum Gasteiger partial charge on any atom is 0.130 e. The third-order valence-corrected chi connectivity index (χ3v) is 6.16. The first kappa shape index (κ1) is 13.5. The molecule has 0 bridgehead atoms. The van der Waals surface area contributed by atoms with Gasteiger partial charge in [-0.2, -0.15) is 5.26 Å². The molecule has 4 aromatic heterocycles. The fourth-order valence-corrected chi connectivity index (χ4v) is 4.73. The Labute approximate surface area is 138 Å². The lowest BCUT2D eigenvalue weighted by atomic mass is 10.1. The molecule has 0 aromatic carbocycles. The summed E-state index contributed by atoms with van der Waals surface area (Å²) in [6, 6.07) is 12.4. The van der Waals surface area contributed by atoms with Crippen molar-refractivity contribution in [2.24, 2.45) is 0 Å². The van der Waals surface area contributed by atoms with Crippen LogP contribution < -0.4 is 5.73 Å². The van der Waals surface area contributed by atoms with Crippen molar-refractivity contribution in [1.82, 2.24) is 4.98 Å². The Bertz CT molecular complexity index is 990. The van der Waals surface area contributed by atoms with Crippen molar-refractivity contribution in [1.29, 1.82) is 5.26 Å². The molecule has 0 saturated carbocycles. The van der Waals surface area contributed by atoms with Gasteiger partial charge in [0.25, 0.3) is 0 Å². The molecule has 4 aromatic rings. The van der Waals surface area contributed by atoms with E-state index in [4.69, 9.17) is 10.7 Å². The maximum atomic E-state index is 9.25. The number of nitriles is 1. The molecule has 0 aliphatic rings. The number of fused-ring (bicyclic) bond motifs is 1. The van der Waals surface area contributed by atoms with E-state index in [-0.39, 0.29) is 0 Å². The first-order valence-electron chi connectivity index (χ1n) is 6.49. The van der Waals surface area contributed by atoms with Gasteiger partial charge in [0.1, 0.15) is 15.8 Å². The summed E-state index contributed by atoms with van der Waals surface area (Å²) in [6.45, 7) is 0. The molecule has 3 nitrogen and oxygen atoms in total. The van der Waals surface area contributed by atoms with Crippen molar-refractivity contribution in [3.8, 4) is 27.1 Å². The number of hydrogen-bond donors (Lipinski definition) is 1. The van der Waals surface area contributed by atoms with Crippen LogP contribution in [0.25, 0.3) is 31.2 Å². The number of thiophene rings is 3. The van der Waals surface area contributed by atoms with Crippen molar-refractivity contribution in [2.45, 2.75) is 0 Å². The molecule has 0 atom stereocenters. The summed E-state index contributed by atoms with van der Waals surface area (Å²) >= 11 is 4.68. The second-order valence-electron chi connectivity index (χ2n) is 4.65. The molecule has 106 valence electrons. The maximum absolute atomic E-state index is 9.25. The summed E-state index contributed by atoms with van der Waals surface area (Å²) in [7, 11) is 0. The fraction of sp³-hybridized carbons (Fsp3) is 0. The summed E-state index contributed by atoms with van der Waals surface area (Å²) in [5, 5.41) is 14.2. The number of hydrogen-bond acceptors (Lipinski definition) is 6. The summed E-state index contributed by atoms with van der Waals surface area (Å²) < 4.78 is 0. The van der Waals surface area contributed by atoms with Crippen molar-refractivity contribution < 1.29 is 0 Å². The van der Waals surface area contributed by atoms with Crippen molar-refractivity contribution in [2.75, 3.05) is 5.73 Å². The molecule has 0 spiro atoms. The number of nitrogen functional groups attached to an aromatic ring is 1. The Morgan fingerprint density at radius 3 is 2.45 bits per heavy atom. The van der Waals surface area contributed by atoms with Crippen molar-refractivity contribution in [3.05, 3.63) is 46.0 Å². The highest BCUT2D eigenvalue weighted by atomic mass is 32.1. The van der Waals surface area contributed by atoms with E-state index < -0.39 is 0 Å². The first-order chi connectivity index (χ1) is 10.8. The Balaban J connectivity index is 2.10. The average molecular weight is 339 g/mol. The van der Waals surface area contributed by atoms with Crippen molar-refractivity contribution >= 4 is 49.9 Å². The Kier molecular flexibility index (Phi) is 3.19. The predicted octanol–water partition coefficient (Wildman–Crippen LogP) is 5.21. The number of nitrogens with zero attached hydrogens (tertiary/aromatic N) is 2. The highest BCUT2D eigenvalue weighted by molar-refractivity contribution is 7.20. The summed E-state index contributed by atoms with van der Waals surface area (Å²) in [5.41, 5.74) is 8.70. The highest BCUT2D eigenvalue weighted by Gasteiger charge is 2.18. The van der Waals surface area contributed by atoms with Gasteiger partial charge < -0.3 is 5.73 Å². The van der Waals surface area contributed by atoms with Crippen LogP contribution in [0.5, 0.6) is 0 Å². The van der Waals surface area contributed by atoms with Crippen LogP contribution in [-0.4, -0.2) is 4.98 Å². The van der Waals surface area contributed by atoms with E-state index in [9.17, 15) is 5.26 Å². The van der Waals surface area contributed by atoms with Crippen LogP contribution in [0.4, 0.5) is 5.69 Å². The third kappa shape index (κ3) is 2.03. The molecule has 0 amide bonds. The van der Waals surface area contributed by atoms with Gasteiger partial charge in [-0.1, -0.05) is 12.1 Å². The number of rotatable bonds is 2. The highest BCUT2D eigenvalue weighted by Crippen LogP contribution is 2.42. The topological polar surface area (TPSA) is 62.7 Å². The zero-order chi connectivity index (χ0) is 15.1. The molecular formula is C16H9N3S3. The zero-order valence-corrected chi connectivity index (χ0v) is 13.7. The summed E-state index contributed by atoms with van der Waals surface area (Å²) in [4.78, 5) is 8.33.